The van der Waals surface area contributed by atoms with Gasteiger partial charge >= 0.3 is 5.97 Å². The molecule has 2 rings (SSSR count). The molecular formula is C14H21N3O2. The van der Waals surface area contributed by atoms with Crippen LogP contribution in [0.1, 0.15) is 43.5 Å². The van der Waals surface area contributed by atoms with Gasteiger partial charge < -0.3 is 15.4 Å². The zero-order valence-corrected chi connectivity index (χ0v) is 11.7. The standard InChI is InChI=1S/C14H21N3O2/c1-4-10-6-5-9(2)17(10)13-7-11(14(18)19-3)12(15)8-16-13/h7-10H,4-6,15H2,1-3H3. The fraction of sp³-hybridized carbons (Fsp3) is 0.571. The molecule has 2 N–H and O–H groups in total. The Morgan fingerprint density at radius 2 is 2.32 bits per heavy atom. The highest BCUT2D eigenvalue weighted by atomic mass is 16.5. The molecule has 0 radical (unpaired) electrons. The SMILES string of the molecule is CCC1CCC(C)N1c1cc(C(=O)OC)c(N)cn1. The lowest BCUT2D eigenvalue weighted by atomic mass is 10.1. The van der Waals surface area contributed by atoms with Gasteiger partial charge in [-0.1, -0.05) is 6.92 Å². The summed E-state index contributed by atoms with van der Waals surface area (Å²) in [6.07, 6.45) is 4.93. The minimum atomic E-state index is -0.416. The number of nitrogens with zero attached hydrogens (tertiary/aromatic N) is 2. The third kappa shape index (κ3) is 2.50. The van der Waals surface area contributed by atoms with E-state index in [9.17, 15) is 4.79 Å². The van der Waals surface area contributed by atoms with Crippen molar-refractivity contribution in [3.8, 4) is 0 Å². The molecule has 0 saturated carbocycles. The maximum absolute atomic E-state index is 11.7. The first kappa shape index (κ1) is 13.6. The average Bonchev–Trinajstić information content (AvgIpc) is 2.79. The predicted octanol–water partition coefficient (Wildman–Crippen LogP) is 2.22. The Morgan fingerprint density at radius 1 is 1.58 bits per heavy atom. The number of carbonyl (C=O) groups is 1. The number of methoxy groups -OCH3 is 1. The van der Waals surface area contributed by atoms with Gasteiger partial charge in [0.25, 0.3) is 0 Å². The highest BCUT2D eigenvalue weighted by Gasteiger charge is 2.30. The molecular weight excluding hydrogens is 242 g/mol. The number of carbonyl (C=O) groups excluding carboxylic acids is 1. The first-order valence-corrected chi connectivity index (χ1v) is 6.70. The number of anilines is 2. The number of hydrogen-bond donors (Lipinski definition) is 1. The molecule has 0 aliphatic carbocycles. The van der Waals surface area contributed by atoms with E-state index in [4.69, 9.17) is 10.5 Å². The fourth-order valence-electron chi connectivity index (χ4n) is 2.77. The van der Waals surface area contributed by atoms with Crippen LogP contribution in [0.4, 0.5) is 11.5 Å². The van der Waals surface area contributed by atoms with Crippen LogP contribution in [0.25, 0.3) is 0 Å². The molecule has 2 unspecified atom stereocenters. The normalized spacial score (nSPS) is 22.6. The molecule has 1 fully saturated rings. The molecule has 1 aromatic rings. The molecule has 5 nitrogen and oxygen atoms in total. The highest BCUT2D eigenvalue weighted by molar-refractivity contribution is 5.95. The van der Waals surface area contributed by atoms with Gasteiger partial charge in [-0.2, -0.15) is 0 Å². The van der Waals surface area contributed by atoms with Crippen molar-refractivity contribution < 1.29 is 9.53 Å². The van der Waals surface area contributed by atoms with Crippen LogP contribution in [0.2, 0.25) is 0 Å². The highest BCUT2D eigenvalue weighted by Crippen LogP contribution is 2.31. The van der Waals surface area contributed by atoms with Crippen molar-refractivity contribution in [3.63, 3.8) is 0 Å². The van der Waals surface area contributed by atoms with E-state index in [0.29, 0.717) is 23.3 Å². The molecule has 5 heteroatoms. The molecule has 1 aliphatic rings. The number of rotatable bonds is 3. The van der Waals surface area contributed by atoms with Crippen molar-refractivity contribution in [1.82, 2.24) is 4.98 Å². The van der Waals surface area contributed by atoms with Gasteiger partial charge in [0.1, 0.15) is 5.82 Å². The Kier molecular flexibility index (Phi) is 3.93. The molecule has 2 heterocycles. The van der Waals surface area contributed by atoms with Crippen molar-refractivity contribution in [1.29, 1.82) is 0 Å². The summed E-state index contributed by atoms with van der Waals surface area (Å²) in [5.74, 6) is 0.396. The van der Waals surface area contributed by atoms with Gasteiger partial charge in [-0.15, -0.1) is 0 Å². The zero-order valence-electron chi connectivity index (χ0n) is 11.7. The number of nitrogen functional groups attached to an aromatic ring is 1. The van der Waals surface area contributed by atoms with Gasteiger partial charge in [-0.3, -0.25) is 0 Å². The largest absolute Gasteiger partial charge is 0.465 e. The van der Waals surface area contributed by atoms with Gasteiger partial charge in [0.15, 0.2) is 0 Å². The molecule has 0 spiro atoms. The van der Waals surface area contributed by atoms with E-state index < -0.39 is 5.97 Å². The van der Waals surface area contributed by atoms with Crippen molar-refractivity contribution in [2.75, 3.05) is 17.7 Å². The smallest absolute Gasteiger partial charge is 0.340 e. The van der Waals surface area contributed by atoms with Crippen LogP contribution in [0, 0.1) is 0 Å². The van der Waals surface area contributed by atoms with Crippen LogP contribution >= 0.6 is 0 Å². The summed E-state index contributed by atoms with van der Waals surface area (Å²) >= 11 is 0. The van der Waals surface area contributed by atoms with Crippen LogP contribution < -0.4 is 10.6 Å². The lowest BCUT2D eigenvalue weighted by molar-refractivity contribution is 0.0602. The third-order valence-electron chi connectivity index (χ3n) is 3.85. The second kappa shape index (κ2) is 5.47. The molecule has 1 saturated heterocycles. The van der Waals surface area contributed by atoms with Crippen molar-refractivity contribution in [2.45, 2.75) is 45.2 Å². The summed E-state index contributed by atoms with van der Waals surface area (Å²) in [6, 6.07) is 2.66. The molecule has 1 aromatic heterocycles. The summed E-state index contributed by atoms with van der Waals surface area (Å²) in [5.41, 5.74) is 6.53. The van der Waals surface area contributed by atoms with Gasteiger partial charge in [0.2, 0.25) is 0 Å². The quantitative estimate of drug-likeness (QED) is 0.847. The zero-order chi connectivity index (χ0) is 14.0. The third-order valence-corrected chi connectivity index (χ3v) is 3.85. The summed E-state index contributed by atoms with van der Waals surface area (Å²) in [6.45, 7) is 4.36. The molecule has 104 valence electrons. The monoisotopic (exact) mass is 263 g/mol. The first-order valence-electron chi connectivity index (χ1n) is 6.70. The summed E-state index contributed by atoms with van der Waals surface area (Å²) in [5, 5.41) is 0. The number of nitrogens with two attached hydrogens (primary N) is 1. The lowest BCUT2D eigenvalue weighted by Gasteiger charge is -2.29. The maximum atomic E-state index is 11.7. The lowest BCUT2D eigenvalue weighted by Crippen LogP contribution is -2.35. The predicted molar refractivity (Wildman–Crippen MR) is 75.2 cm³/mol. The van der Waals surface area contributed by atoms with Gasteiger partial charge in [0, 0.05) is 12.1 Å². The number of aromatic nitrogens is 1. The molecule has 2 atom stereocenters. The van der Waals surface area contributed by atoms with Crippen LogP contribution in [0.15, 0.2) is 12.3 Å². The summed E-state index contributed by atoms with van der Waals surface area (Å²) in [7, 11) is 1.36. The number of pyridine rings is 1. The van der Waals surface area contributed by atoms with E-state index in [1.807, 2.05) is 0 Å². The molecule has 19 heavy (non-hydrogen) atoms. The maximum Gasteiger partial charge on any atom is 0.340 e. The Morgan fingerprint density at radius 3 is 2.95 bits per heavy atom. The second-order valence-electron chi connectivity index (χ2n) is 5.02. The summed E-state index contributed by atoms with van der Waals surface area (Å²) in [4.78, 5) is 18.3. The average molecular weight is 263 g/mol. The van der Waals surface area contributed by atoms with Crippen molar-refractivity contribution in [3.05, 3.63) is 17.8 Å². The number of ether oxygens (including phenoxy) is 1. The Balaban J connectivity index is 2.37. The Hall–Kier alpha value is -1.78. The van der Waals surface area contributed by atoms with E-state index in [1.165, 1.54) is 7.11 Å². The van der Waals surface area contributed by atoms with Crippen molar-refractivity contribution in [2.24, 2.45) is 0 Å². The van der Waals surface area contributed by atoms with Crippen LogP contribution in [0.5, 0.6) is 0 Å². The first-order chi connectivity index (χ1) is 9.08. The van der Waals surface area contributed by atoms with Crippen LogP contribution in [-0.2, 0) is 4.74 Å². The number of hydrogen-bond acceptors (Lipinski definition) is 5. The molecule has 0 amide bonds. The topological polar surface area (TPSA) is 68.5 Å². The second-order valence-corrected chi connectivity index (χ2v) is 5.02. The van der Waals surface area contributed by atoms with E-state index in [0.717, 1.165) is 25.1 Å². The minimum absolute atomic E-state index is 0.357. The Labute approximate surface area is 113 Å². The molecule has 0 bridgehead atoms. The van der Waals surface area contributed by atoms with E-state index in [2.05, 4.69) is 23.7 Å². The van der Waals surface area contributed by atoms with E-state index in [-0.39, 0.29) is 0 Å². The van der Waals surface area contributed by atoms with E-state index in [1.54, 1.807) is 12.3 Å². The van der Waals surface area contributed by atoms with Crippen LogP contribution in [-0.4, -0.2) is 30.1 Å². The van der Waals surface area contributed by atoms with Gasteiger partial charge in [-0.05, 0) is 32.3 Å². The minimum Gasteiger partial charge on any atom is -0.465 e. The number of esters is 1. The van der Waals surface area contributed by atoms with Crippen LogP contribution in [0.3, 0.4) is 0 Å². The molecule has 1 aliphatic heterocycles. The van der Waals surface area contributed by atoms with Gasteiger partial charge in [-0.25, -0.2) is 9.78 Å². The van der Waals surface area contributed by atoms with Crippen molar-refractivity contribution >= 4 is 17.5 Å². The summed E-state index contributed by atoms with van der Waals surface area (Å²) < 4.78 is 4.75. The van der Waals surface area contributed by atoms with E-state index >= 15 is 0 Å². The Bertz CT molecular complexity index is 476. The van der Waals surface area contributed by atoms with Gasteiger partial charge in [0.05, 0.1) is 24.6 Å². The molecule has 0 aromatic carbocycles. The fourth-order valence-corrected chi connectivity index (χ4v) is 2.77.